The van der Waals surface area contributed by atoms with Crippen molar-refractivity contribution in [3.63, 3.8) is 0 Å². The number of phenolic OH excluding ortho intramolecular Hbond substituents is 2. The molecule has 0 amide bonds. The molecule has 2 aliphatic rings. The Hall–Kier alpha value is -1.26. The van der Waals surface area contributed by atoms with Crippen molar-refractivity contribution >= 4 is 0 Å². The summed E-state index contributed by atoms with van der Waals surface area (Å²) in [6, 6.07) is 3.52. The molecule has 0 bridgehead atoms. The van der Waals surface area contributed by atoms with Crippen molar-refractivity contribution in [2.45, 2.75) is 45.3 Å². The number of piperidine rings is 1. The fraction of sp³-hybridized carbons (Fsp3) is 0.647. The van der Waals surface area contributed by atoms with Crippen molar-refractivity contribution in [2.75, 3.05) is 13.1 Å². The Balaban J connectivity index is 1.85. The maximum absolute atomic E-state index is 10.5. The van der Waals surface area contributed by atoms with Crippen molar-refractivity contribution in [3.8, 4) is 11.5 Å². The summed E-state index contributed by atoms with van der Waals surface area (Å²) in [6.07, 6.45) is 2.38. The number of hydrogen-bond acceptors (Lipinski definition) is 4. The molecule has 4 heteroatoms. The lowest BCUT2D eigenvalue weighted by Crippen LogP contribution is -2.48. The Labute approximate surface area is 126 Å². The minimum atomic E-state index is -0.282. The molecule has 0 saturated carbocycles. The van der Waals surface area contributed by atoms with Gasteiger partial charge in [-0.15, -0.1) is 0 Å². The molecule has 1 saturated heterocycles. The molecular formula is C17H25NO3. The largest absolute Gasteiger partial charge is 0.504 e. The van der Waals surface area contributed by atoms with Crippen molar-refractivity contribution in [1.29, 1.82) is 0 Å². The molecule has 3 rings (SSSR count). The first-order chi connectivity index (χ1) is 9.95. The van der Waals surface area contributed by atoms with Gasteiger partial charge in [-0.2, -0.15) is 0 Å². The summed E-state index contributed by atoms with van der Waals surface area (Å²) in [4.78, 5) is 2.43. The van der Waals surface area contributed by atoms with Crippen LogP contribution in [-0.4, -0.2) is 39.4 Å². The summed E-state index contributed by atoms with van der Waals surface area (Å²) in [5.41, 5.74) is 2.17. The Bertz CT molecular complexity index is 529. The molecule has 1 unspecified atom stereocenters. The molecule has 0 aliphatic carbocycles. The number of rotatable bonds is 2. The lowest BCUT2D eigenvalue weighted by atomic mass is 9.79. The quantitative estimate of drug-likeness (QED) is 0.732. The van der Waals surface area contributed by atoms with E-state index >= 15 is 0 Å². The first-order valence-electron chi connectivity index (χ1n) is 7.92. The van der Waals surface area contributed by atoms with Gasteiger partial charge in [0.05, 0.1) is 6.10 Å². The molecule has 1 aromatic carbocycles. The van der Waals surface area contributed by atoms with Crippen LogP contribution in [0.2, 0.25) is 0 Å². The fourth-order valence-corrected chi connectivity index (χ4v) is 3.96. The molecule has 4 nitrogen and oxygen atoms in total. The smallest absolute Gasteiger partial charge is 0.157 e. The Morgan fingerprint density at radius 3 is 2.67 bits per heavy atom. The number of benzene rings is 1. The highest BCUT2D eigenvalue weighted by molar-refractivity contribution is 5.48. The average Bonchev–Trinajstić information content (AvgIpc) is 2.41. The molecule has 2 heterocycles. The molecule has 0 aromatic heterocycles. The van der Waals surface area contributed by atoms with Gasteiger partial charge in [-0.05, 0) is 54.4 Å². The molecular weight excluding hydrogens is 266 g/mol. The predicted molar refractivity (Wildman–Crippen MR) is 81.4 cm³/mol. The second kappa shape index (κ2) is 5.50. The molecule has 3 N–H and O–H groups in total. The third-order valence-corrected chi connectivity index (χ3v) is 4.96. The van der Waals surface area contributed by atoms with Crippen LogP contribution in [0, 0.1) is 11.8 Å². The van der Waals surface area contributed by atoms with Gasteiger partial charge < -0.3 is 15.3 Å². The van der Waals surface area contributed by atoms with E-state index in [0.717, 1.165) is 37.1 Å². The number of hydrogen-bond donors (Lipinski definition) is 3. The van der Waals surface area contributed by atoms with Gasteiger partial charge in [0.15, 0.2) is 11.5 Å². The molecule has 2 aliphatic heterocycles. The number of phenols is 2. The van der Waals surface area contributed by atoms with Gasteiger partial charge in [0, 0.05) is 19.1 Å². The highest BCUT2D eigenvalue weighted by Gasteiger charge is 2.38. The van der Waals surface area contributed by atoms with Gasteiger partial charge in [0.25, 0.3) is 0 Å². The molecule has 3 atom stereocenters. The highest BCUT2D eigenvalue weighted by atomic mass is 16.3. The van der Waals surface area contributed by atoms with Crippen LogP contribution in [0.1, 0.15) is 43.9 Å². The van der Waals surface area contributed by atoms with Crippen LogP contribution in [0.25, 0.3) is 0 Å². The van der Waals surface area contributed by atoms with E-state index in [-0.39, 0.29) is 23.6 Å². The summed E-state index contributed by atoms with van der Waals surface area (Å²) in [7, 11) is 0. The standard InChI is InChI=1S/C17H25NO3/c1-10(2)5-12-9-18-4-3-11-6-16(20)17(21)7-13(11)14(18)8-15(12)19/h6-7,10,12,14-15,19-21H,3-5,8-9H2,1-2H3/t12-,14?,15-/m0/s1. The summed E-state index contributed by atoms with van der Waals surface area (Å²) >= 11 is 0. The zero-order chi connectivity index (χ0) is 15.1. The summed E-state index contributed by atoms with van der Waals surface area (Å²) < 4.78 is 0. The lowest BCUT2D eigenvalue weighted by molar-refractivity contribution is -0.0191. The normalized spacial score (nSPS) is 29.2. The fourth-order valence-electron chi connectivity index (χ4n) is 3.96. The van der Waals surface area contributed by atoms with Gasteiger partial charge in [-0.1, -0.05) is 13.8 Å². The van der Waals surface area contributed by atoms with Crippen LogP contribution in [0.15, 0.2) is 12.1 Å². The van der Waals surface area contributed by atoms with Crippen LogP contribution >= 0.6 is 0 Å². The van der Waals surface area contributed by atoms with Gasteiger partial charge >= 0.3 is 0 Å². The van der Waals surface area contributed by atoms with E-state index in [1.165, 1.54) is 0 Å². The third kappa shape index (κ3) is 2.74. The number of aliphatic hydroxyl groups is 1. The van der Waals surface area contributed by atoms with Gasteiger partial charge in [-0.25, -0.2) is 0 Å². The van der Waals surface area contributed by atoms with Crippen molar-refractivity contribution in [3.05, 3.63) is 23.3 Å². The van der Waals surface area contributed by atoms with E-state index in [0.29, 0.717) is 18.3 Å². The molecule has 0 radical (unpaired) electrons. The number of nitrogens with zero attached hydrogens (tertiary/aromatic N) is 1. The first-order valence-corrected chi connectivity index (χ1v) is 7.92. The first kappa shape index (κ1) is 14.7. The SMILES string of the molecule is CC(C)C[C@H]1CN2CCc3cc(O)c(O)cc3C2C[C@@H]1O. The van der Waals surface area contributed by atoms with Crippen LogP contribution in [-0.2, 0) is 6.42 Å². The zero-order valence-corrected chi connectivity index (χ0v) is 12.8. The van der Waals surface area contributed by atoms with Crippen molar-refractivity contribution < 1.29 is 15.3 Å². The Morgan fingerprint density at radius 2 is 1.95 bits per heavy atom. The average molecular weight is 291 g/mol. The van der Waals surface area contributed by atoms with E-state index < -0.39 is 0 Å². The van der Waals surface area contributed by atoms with Crippen molar-refractivity contribution in [1.82, 2.24) is 4.90 Å². The lowest BCUT2D eigenvalue weighted by Gasteiger charge is -2.46. The second-order valence-electron chi connectivity index (χ2n) is 6.99. The predicted octanol–water partition coefficient (Wildman–Crippen LogP) is 2.42. The van der Waals surface area contributed by atoms with Crippen LogP contribution < -0.4 is 0 Å². The second-order valence-corrected chi connectivity index (χ2v) is 6.99. The van der Waals surface area contributed by atoms with Crippen LogP contribution in [0.3, 0.4) is 0 Å². The third-order valence-electron chi connectivity index (χ3n) is 4.96. The monoisotopic (exact) mass is 291 g/mol. The molecule has 1 fully saturated rings. The summed E-state index contributed by atoms with van der Waals surface area (Å²) in [5.74, 6) is 0.832. The van der Waals surface area contributed by atoms with Gasteiger partial charge in [0.1, 0.15) is 0 Å². The topological polar surface area (TPSA) is 63.9 Å². The van der Waals surface area contributed by atoms with Crippen LogP contribution in [0.5, 0.6) is 11.5 Å². The zero-order valence-electron chi connectivity index (χ0n) is 12.8. The molecule has 21 heavy (non-hydrogen) atoms. The Kier molecular flexibility index (Phi) is 3.84. The minimum Gasteiger partial charge on any atom is -0.504 e. The van der Waals surface area contributed by atoms with Gasteiger partial charge in [0.2, 0.25) is 0 Å². The van der Waals surface area contributed by atoms with E-state index in [1.807, 2.05) is 0 Å². The molecule has 116 valence electrons. The minimum absolute atomic E-state index is 0.0451. The molecule has 1 aromatic rings. The molecule has 0 spiro atoms. The van der Waals surface area contributed by atoms with E-state index in [4.69, 9.17) is 0 Å². The van der Waals surface area contributed by atoms with E-state index in [1.54, 1.807) is 12.1 Å². The Morgan fingerprint density at radius 1 is 1.24 bits per heavy atom. The highest BCUT2D eigenvalue weighted by Crippen LogP contribution is 2.42. The summed E-state index contributed by atoms with van der Waals surface area (Å²) in [5, 5.41) is 29.9. The van der Waals surface area contributed by atoms with Crippen molar-refractivity contribution in [2.24, 2.45) is 11.8 Å². The number of fused-ring (bicyclic) bond motifs is 3. The van der Waals surface area contributed by atoms with Crippen LogP contribution in [0.4, 0.5) is 0 Å². The maximum atomic E-state index is 10.5. The van der Waals surface area contributed by atoms with Gasteiger partial charge in [-0.3, -0.25) is 4.90 Å². The van der Waals surface area contributed by atoms with E-state index in [2.05, 4.69) is 18.7 Å². The summed E-state index contributed by atoms with van der Waals surface area (Å²) in [6.45, 7) is 6.28. The number of aliphatic hydroxyl groups excluding tert-OH is 1. The van der Waals surface area contributed by atoms with E-state index in [9.17, 15) is 15.3 Å². The maximum Gasteiger partial charge on any atom is 0.157 e. The number of aromatic hydroxyl groups is 2.